The van der Waals surface area contributed by atoms with Gasteiger partial charge in [-0.25, -0.2) is 0 Å². The Morgan fingerprint density at radius 2 is 1.55 bits per heavy atom. The molecular formula is C18H16O2. The van der Waals surface area contributed by atoms with E-state index >= 15 is 0 Å². The van der Waals surface area contributed by atoms with Gasteiger partial charge in [-0.2, -0.15) is 0 Å². The predicted molar refractivity (Wildman–Crippen MR) is 81.9 cm³/mol. The normalized spacial score (nSPS) is 10.7. The molecule has 0 spiro atoms. The van der Waals surface area contributed by atoms with Crippen LogP contribution >= 0.6 is 0 Å². The molecule has 0 aliphatic rings. The lowest BCUT2D eigenvalue weighted by atomic mass is 10.0. The van der Waals surface area contributed by atoms with Gasteiger partial charge in [0.05, 0.1) is 0 Å². The summed E-state index contributed by atoms with van der Waals surface area (Å²) in [7, 11) is 1.62. The number of hydrogen-bond donors (Lipinski definition) is 0. The fraction of sp³-hybridized carbons (Fsp3) is 0.111. The van der Waals surface area contributed by atoms with Crippen LogP contribution in [0, 0.1) is 0 Å². The number of rotatable bonds is 4. The highest BCUT2D eigenvalue weighted by Crippen LogP contribution is 2.31. The first-order valence-electron chi connectivity index (χ1n) is 6.58. The van der Waals surface area contributed by atoms with Gasteiger partial charge in [0.2, 0.25) is 0 Å². The Balaban J connectivity index is 2.06. The van der Waals surface area contributed by atoms with Gasteiger partial charge in [0, 0.05) is 12.7 Å². The van der Waals surface area contributed by atoms with E-state index in [0.29, 0.717) is 0 Å². The van der Waals surface area contributed by atoms with Crippen LogP contribution in [0.1, 0.15) is 0 Å². The number of ether oxygens (including phenoxy) is 2. The quantitative estimate of drug-likeness (QED) is 0.646. The summed E-state index contributed by atoms with van der Waals surface area (Å²) in [4.78, 5) is 0. The molecule has 0 bridgehead atoms. The topological polar surface area (TPSA) is 18.5 Å². The zero-order valence-electron chi connectivity index (χ0n) is 11.4. The van der Waals surface area contributed by atoms with Gasteiger partial charge in [-0.3, -0.25) is 0 Å². The van der Waals surface area contributed by atoms with E-state index in [4.69, 9.17) is 9.47 Å². The van der Waals surface area contributed by atoms with Crippen LogP contribution in [0.4, 0.5) is 0 Å². The minimum atomic E-state index is 0.255. The molecule has 0 saturated carbocycles. The number of para-hydroxylation sites is 1. The third-order valence-corrected chi connectivity index (χ3v) is 3.28. The molecule has 3 rings (SSSR count). The van der Waals surface area contributed by atoms with Crippen molar-refractivity contribution >= 4 is 10.8 Å². The Labute approximate surface area is 118 Å². The van der Waals surface area contributed by atoms with Gasteiger partial charge < -0.3 is 9.47 Å². The van der Waals surface area contributed by atoms with Crippen molar-refractivity contribution in [3.8, 4) is 16.9 Å². The van der Waals surface area contributed by atoms with Gasteiger partial charge in [0.25, 0.3) is 0 Å². The minimum Gasteiger partial charge on any atom is -0.467 e. The summed E-state index contributed by atoms with van der Waals surface area (Å²) in [5, 5.41) is 2.47. The second-order valence-corrected chi connectivity index (χ2v) is 4.61. The lowest BCUT2D eigenvalue weighted by Gasteiger charge is -2.11. The van der Waals surface area contributed by atoms with Crippen molar-refractivity contribution in [2.45, 2.75) is 0 Å². The molecule has 2 nitrogen and oxygen atoms in total. The van der Waals surface area contributed by atoms with Gasteiger partial charge in [-0.1, -0.05) is 54.6 Å². The highest BCUT2D eigenvalue weighted by Gasteiger charge is 2.06. The van der Waals surface area contributed by atoms with Crippen molar-refractivity contribution in [3.63, 3.8) is 0 Å². The molecule has 0 unspecified atom stereocenters. The third kappa shape index (κ3) is 2.51. The van der Waals surface area contributed by atoms with Crippen LogP contribution in [0.25, 0.3) is 21.9 Å². The van der Waals surface area contributed by atoms with E-state index in [-0.39, 0.29) is 6.79 Å². The fourth-order valence-corrected chi connectivity index (χ4v) is 2.31. The van der Waals surface area contributed by atoms with Crippen molar-refractivity contribution in [1.29, 1.82) is 0 Å². The summed E-state index contributed by atoms with van der Waals surface area (Å²) in [5.41, 5.74) is 2.23. The van der Waals surface area contributed by atoms with Crippen LogP contribution in [0.15, 0.2) is 66.7 Å². The molecule has 100 valence electrons. The van der Waals surface area contributed by atoms with Crippen LogP contribution in [-0.4, -0.2) is 13.9 Å². The first kappa shape index (κ1) is 12.7. The second kappa shape index (κ2) is 5.76. The lowest BCUT2D eigenvalue weighted by molar-refractivity contribution is 0.0515. The molecule has 0 atom stereocenters. The summed E-state index contributed by atoms with van der Waals surface area (Å²) >= 11 is 0. The van der Waals surface area contributed by atoms with Crippen LogP contribution in [0.5, 0.6) is 5.75 Å². The van der Waals surface area contributed by atoms with Gasteiger partial charge in [-0.15, -0.1) is 0 Å². The molecule has 0 saturated heterocycles. The molecule has 3 aromatic carbocycles. The average molecular weight is 264 g/mol. The largest absolute Gasteiger partial charge is 0.467 e. The van der Waals surface area contributed by atoms with E-state index in [2.05, 4.69) is 48.5 Å². The Hall–Kier alpha value is -2.32. The van der Waals surface area contributed by atoms with Crippen molar-refractivity contribution in [3.05, 3.63) is 66.7 Å². The minimum absolute atomic E-state index is 0.255. The third-order valence-electron chi connectivity index (χ3n) is 3.28. The zero-order chi connectivity index (χ0) is 13.8. The van der Waals surface area contributed by atoms with E-state index in [9.17, 15) is 0 Å². The molecule has 0 aromatic heterocycles. The molecule has 0 fully saturated rings. The smallest absolute Gasteiger partial charge is 0.188 e. The molecular weight excluding hydrogens is 248 g/mol. The van der Waals surface area contributed by atoms with Gasteiger partial charge in [0.1, 0.15) is 5.75 Å². The molecule has 2 heteroatoms. The van der Waals surface area contributed by atoms with Crippen LogP contribution in [0.2, 0.25) is 0 Å². The Morgan fingerprint density at radius 3 is 2.40 bits per heavy atom. The number of methoxy groups -OCH3 is 1. The van der Waals surface area contributed by atoms with Crippen LogP contribution < -0.4 is 4.74 Å². The predicted octanol–water partition coefficient (Wildman–Crippen LogP) is 4.49. The molecule has 3 aromatic rings. The summed E-state index contributed by atoms with van der Waals surface area (Å²) < 4.78 is 10.6. The first-order valence-corrected chi connectivity index (χ1v) is 6.58. The Bertz CT molecular complexity index is 719. The van der Waals surface area contributed by atoms with Gasteiger partial charge >= 0.3 is 0 Å². The standard InChI is InChI=1S/C18H16O2/c1-19-13-20-18-9-5-4-8-17(18)16-11-10-14-6-2-3-7-15(14)12-16/h2-12H,13H2,1H3. The number of fused-ring (bicyclic) bond motifs is 1. The Kier molecular flexibility index (Phi) is 3.66. The number of hydrogen-bond acceptors (Lipinski definition) is 2. The van der Waals surface area contributed by atoms with Crippen molar-refractivity contribution in [2.24, 2.45) is 0 Å². The Morgan fingerprint density at radius 1 is 0.800 bits per heavy atom. The zero-order valence-corrected chi connectivity index (χ0v) is 11.4. The van der Waals surface area contributed by atoms with Gasteiger partial charge in [0.15, 0.2) is 6.79 Å². The lowest BCUT2D eigenvalue weighted by Crippen LogP contribution is -2.00. The van der Waals surface area contributed by atoms with Crippen LogP contribution in [0.3, 0.4) is 0 Å². The molecule has 0 N–H and O–H groups in total. The molecule has 0 amide bonds. The summed E-state index contributed by atoms with van der Waals surface area (Å²) in [5.74, 6) is 0.838. The van der Waals surface area contributed by atoms with E-state index in [1.807, 2.05) is 18.2 Å². The maximum atomic E-state index is 5.63. The highest BCUT2D eigenvalue weighted by molar-refractivity contribution is 5.88. The first-order chi connectivity index (χ1) is 9.88. The summed E-state index contributed by atoms with van der Waals surface area (Å²) in [6.45, 7) is 0.255. The second-order valence-electron chi connectivity index (χ2n) is 4.61. The van der Waals surface area contributed by atoms with Crippen molar-refractivity contribution < 1.29 is 9.47 Å². The molecule has 0 aliphatic heterocycles. The molecule has 0 heterocycles. The SMILES string of the molecule is COCOc1ccccc1-c1ccc2ccccc2c1. The van der Waals surface area contributed by atoms with Crippen molar-refractivity contribution in [1.82, 2.24) is 0 Å². The molecule has 0 aliphatic carbocycles. The van der Waals surface area contributed by atoms with E-state index in [1.54, 1.807) is 7.11 Å². The highest BCUT2D eigenvalue weighted by atomic mass is 16.7. The van der Waals surface area contributed by atoms with Crippen LogP contribution in [-0.2, 0) is 4.74 Å². The fourth-order valence-electron chi connectivity index (χ4n) is 2.31. The summed E-state index contributed by atoms with van der Waals surface area (Å²) in [6, 6.07) is 22.8. The maximum absolute atomic E-state index is 5.63. The number of benzene rings is 3. The monoisotopic (exact) mass is 264 g/mol. The average Bonchev–Trinajstić information content (AvgIpc) is 2.53. The van der Waals surface area contributed by atoms with E-state index in [1.165, 1.54) is 10.8 Å². The summed E-state index contributed by atoms with van der Waals surface area (Å²) in [6.07, 6.45) is 0. The molecule has 20 heavy (non-hydrogen) atoms. The van der Waals surface area contributed by atoms with E-state index < -0.39 is 0 Å². The maximum Gasteiger partial charge on any atom is 0.188 e. The van der Waals surface area contributed by atoms with Gasteiger partial charge in [-0.05, 0) is 28.5 Å². The molecule has 0 radical (unpaired) electrons. The van der Waals surface area contributed by atoms with E-state index in [0.717, 1.165) is 16.9 Å². The van der Waals surface area contributed by atoms with Crippen molar-refractivity contribution in [2.75, 3.05) is 13.9 Å².